The Hall–Kier alpha value is -0.900. The molecule has 0 heterocycles. The quantitative estimate of drug-likeness (QED) is 0.250. The Morgan fingerprint density at radius 1 is 1.35 bits per heavy atom. The van der Waals surface area contributed by atoms with Gasteiger partial charge in [-0.2, -0.15) is 0 Å². The lowest BCUT2D eigenvalue weighted by Gasteiger charge is -2.25. The lowest BCUT2D eigenvalue weighted by molar-refractivity contribution is -0.122. The molecule has 0 saturated heterocycles. The lowest BCUT2D eigenvalue weighted by atomic mass is 10.1. The number of halogens is 3. The number of aryl methyl sites for hydroxylation is 1. The smallest absolute Gasteiger partial charge is 0.240 e. The zero-order valence-corrected chi connectivity index (χ0v) is 19.9. The highest BCUT2D eigenvalue weighted by Gasteiger charge is 2.16. The van der Waals surface area contributed by atoms with E-state index < -0.39 is 0 Å². The van der Waals surface area contributed by atoms with Crippen molar-refractivity contribution < 1.29 is 9.18 Å². The molecule has 8 heteroatoms. The van der Waals surface area contributed by atoms with E-state index in [-0.39, 0.29) is 47.8 Å². The third-order valence-electron chi connectivity index (χ3n) is 3.39. The first-order chi connectivity index (χ1) is 11.6. The van der Waals surface area contributed by atoms with Crippen LogP contribution in [0.25, 0.3) is 0 Å². The van der Waals surface area contributed by atoms with Crippen LogP contribution < -0.4 is 10.6 Å². The molecule has 1 aromatic rings. The third kappa shape index (κ3) is 9.70. The van der Waals surface area contributed by atoms with Crippen LogP contribution in [0.4, 0.5) is 4.39 Å². The number of nitrogens with one attached hydrogen (secondary N) is 2. The van der Waals surface area contributed by atoms with E-state index >= 15 is 0 Å². The van der Waals surface area contributed by atoms with Crippen molar-refractivity contribution in [3.63, 3.8) is 0 Å². The van der Waals surface area contributed by atoms with Crippen molar-refractivity contribution in [2.45, 2.75) is 39.2 Å². The van der Waals surface area contributed by atoms with Crippen molar-refractivity contribution >= 4 is 51.8 Å². The maximum Gasteiger partial charge on any atom is 0.240 e. The first kappa shape index (κ1) is 25.1. The SMILES string of the molecule is CN=C(NCCCc1ccc(Br)cc1F)N(C)CC(=O)NC(C)(C)C.I. The van der Waals surface area contributed by atoms with Gasteiger partial charge in [0.25, 0.3) is 0 Å². The first-order valence-corrected chi connectivity index (χ1v) is 9.08. The van der Waals surface area contributed by atoms with Crippen molar-refractivity contribution in [1.29, 1.82) is 0 Å². The summed E-state index contributed by atoms with van der Waals surface area (Å²) >= 11 is 3.25. The summed E-state index contributed by atoms with van der Waals surface area (Å²) in [6, 6.07) is 5.10. The van der Waals surface area contributed by atoms with Crippen LogP contribution in [0.15, 0.2) is 27.7 Å². The molecule has 148 valence electrons. The topological polar surface area (TPSA) is 56.7 Å². The van der Waals surface area contributed by atoms with Gasteiger partial charge in [-0.3, -0.25) is 9.79 Å². The molecule has 1 aromatic carbocycles. The Balaban J connectivity index is 0.00000625. The molecule has 0 aliphatic carbocycles. The van der Waals surface area contributed by atoms with E-state index in [1.807, 2.05) is 33.9 Å². The summed E-state index contributed by atoms with van der Waals surface area (Å²) in [6.07, 6.45) is 1.40. The number of rotatable bonds is 6. The Morgan fingerprint density at radius 3 is 2.54 bits per heavy atom. The Bertz CT molecular complexity index is 620. The van der Waals surface area contributed by atoms with Crippen molar-refractivity contribution in [2.24, 2.45) is 4.99 Å². The van der Waals surface area contributed by atoms with Gasteiger partial charge >= 0.3 is 0 Å². The van der Waals surface area contributed by atoms with E-state index in [1.54, 1.807) is 18.0 Å². The molecule has 0 saturated carbocycles. The highest BCUT2D eigenvalue weighted by atomic mass is 127. The fourth-order valence-corrected chi connectivity index (χ4v) is 2.67. The van der Waals surface area contributed by atoms with Gasteiger partial charge in [-0.05, 0) is 51.3 Å². The Kier molecular flexibility index (Phi) is 11.3. The van der Waals surface area contributed by atoms with Crippen LogP contribution in [0.2, 0.25) is 0 Å². The summed E-state index contributed by atoms with van der Waals surface area (Å²) in [5.74, 6) is 0.380. The number of hydrogen-bond acceptors (Lipinski definition) is 2. The molecule has 0 aliphatic heterocycles. The Morgan fingerprint density at radius 2 is 2.00 bits per heavy atom. The minimum absolute atomic E-state index is 0. The molecule has 26 heavy (non-hydrogen) atoms. The van der Waals surface area contributed by atoms with Gasteiger partial charge in [0, 0.05) is 30.7 Å². The number of benzene rings is 1. The summed E-state index contributed by atoms with van der Waals surface area (Å²) in [5, 5.41) is 6.12. The number of aliphatic imine (C=N–C) groups is 1. The average molecular weight is 543 g/mol. The standard InChI is InChI=1S/C18H28BrFN4O.HI/c1-18(2,3)23-16(25)12-24(5)17(21-4)22-10-6-7-13-8-9-14(19)11-15(13)20;/h8-9,11H,6-7,10,12H2,1-5H3,(H,21,22)(H,23,25);1H. The molecular formula is C18H29BrFIN4O. The second-order valence-corrected chi connectivity index (χ2v) is 7.88. The minimum atomic E-state index is -0.260. The second-order valence-electron chi connectivity index (χ2n) is 6.97. The van der Waals surface area contributed by atoms with Gasteiger partial charge in [-0.25, -0.2) is 4.39 Å². The predicted molar refractivity (Wildman–Crippen MR) is 120 cm³/mol. The summed E-state index contributed by atoms with van der Waals surface area (Å²) in [7, 11) is 3.49. The molecule has 0 unspecified atom stereocenters. The van der Waals surface area contributed by atoms with E-state index in [1.165, 1.54) is 6.07 Å². The Labute approximate surface area is 181 Å². The van der Waals surface area contributed by atoms with E-state index in [4.69, 9.17) is 0 Å². The normalized spacial score (nSPS) is 11.6. The van der Waals surface area contributed by atoms with Crippen LogP contribution in [0, 0.1) is 5.82 Å². The highest BCUT2D eigenvalue weighted by molar-refractivity contribution is 14.0. The number of nitrogens with zero attached hydrogens (tertiary/aromatic N) is 2. The molecule has 0 fully saturated rings. The molecule has 0 bridgehead atoms. The fourth-order valence-electron chi connectivity index (χ4n) is 2.34. The van der Waals surface area contributed by atoms with Crippen LogP contribution in [-0.2, 0) is 11.2 Å². The van der Waals surface area contributed by atoms with E-state index in [9.17, 15) is 9.18 Å². The molecule has 1 rings (SSSR count). The fraction of sp³-hybridized carbons (Fsp3) is 0.556. The molecule has 2 N–H and O–H groups in total. The third-order valence-corrected chi connectivity index (χ3v) is 3.88. The molecular weight excluding hydrogens is 514 g/mol. The van der Waals surface area contributed by atoms with Gasteiger partial charge in [0.2, 0.25) is 5.91 Å². The van der Waals surface area contributed by atoms with Gasteiger partial charge < -0.3 is 15.5 Å². The van der Waals surface area contributed by atoms with E-state index in [2.05, 4.69) is 31.6 Å². The van der Waals surface area contributed by atoms with E-state index in [0.717, 1.165) is 10.9 Å². The number of carbonyl (C=O) groups excluding carboxylic acids is 1. The number of hydrogen-bond donors (Lipinski definition) is 2. The number of amides is 1. The van der Waals surface area contributed by atoms with Crippen LogP contribution in [0.3, 0.4) is 0 Å². The molecule has 1 amide bonds. The van der Waals surface area contributed by atoms with Crippen LogP contribution in [-0.4, -0.2) is 49.5 Å². The highest BCUT2D eigenvalue weighted by Crippen LogP contribution is 2.16. The zero-order chi connectivity index (χ0) is 19.0. The molecule has 0 aliphatic rings. The number of likely N-dealkylation sites (N-methyl/N-ethyl adjacent to an activating group) is 1. The first-order valence-electron chi connectivity index (χ1n) is 8.29. The van der Waals surface area contributed by atoms with Gasteiger partial charge in [0.15, 0.2) is 5.96 Å². The van der Waals surface area contributed by atoms with E-state index in [0.29, 0.717) is 24.5 Å². The monoisotopic (exact) mass is 542 g/mol. The zero-order valence-electron chi connectivity index (χ0n) is 16.0. The van der Waals surface area contributed by atoms with Crippen molar-refractivity contribution in [3.8, 4) is 0 Å². The molecule has 5 nitrogen and oxygen atoms in total. The van der Waals surface area contributed by atoms with Crippen molar-refractivity contribution in [2.75, 3.05) is 27.2 Å². The summed E-state index contributed by atoms with van der Waals surface area (Å²) in [6.45, 7) is 6.70. The van der Waals surface area contributed by atoms with Crippen LogP contribution >= 0.6 is 39.9 Å². The number of carbonyl (C=O) groups is 1. The molecule has 0 radical (unpaired) electrons. The van der Waals surface area contributed by atoms with Crippen LogP contribution in [0.5, 0.6) is 0 Å². The minimum Gasteiger partial charge on any atom is -0.356 e. The summed E-state index contributed by atoms with van der Waals surface area (Å²) in [5.41, 5.74) is 0.432. The summed E-state index contributed by atoms with van der Waals surface area (Å²) in [4.78, 5) is 17.9. The van der Waals surface area contributed by atoms with Crippen molar-refractivity contribution in [1.82, 2.24) is 15.5 Å². The maximum absolute atomic E-state index is 13.8. The van der Waals surface area contributed by atoms with Gasteiger partial charge in [0.1, 0.15) is 5.82 Å². The van der Waals surface area contributed by atoms with Gasteiger partial charge in [-0.15, -0.1) is 24.0 Å². The lowest BCUT2D eigenvalue weighted by Crippen LogP contribution is -2.48. The molecule has 0 spiro atoms. The van der Waals surface area contributed by atoms with Crippen LogP contribution in [0.1, 0.15) is 32.8 Å². The van der Waals surface area contributed by atoms with Crippen molar-refractivity contribution in [3.05, 3.63) is 34.1 Å². The van der Waals surface area contributed by atoms with Gasteiger partial charge in [0.05, 0.1) is 6.54 Å². The van der Waals surface area contributed by atoms with Gasteiger partial charge in [-0.1, -0.05) is 22.0 Å². The summed E-state index contributed by atoms with van der Waals surface area (Å²) < 4.78 is 14.5. The maximum atomic E-state index is 13.8. The second kappa shape index (κ2) is 11.7. The molecule has 0 atom stereocenters. The largest absolute Gasteiger partial charge is 0.356 e. The predicted octanol–water partition coefficient (Wildman–Crippen LogP) is 3.56. The number of guanidine groups is 1. The average Bonchev–Trinajstić information content (AvgIpc) is 2.46. The molecule has 0 aromatic heterocycles.